The fourth-order valence-electron chi connectivity index (χ4n) is 2.12. The first-order chi connectivity index (χ1) is 8.93. The summed E-state index contributed by atoms with van der Waals surface area (Å²) in [4.78, 5) is 11.8. The standard InChI is InChI=1S/C14H25N3O2/c1-14(2,3)11(6-8-15)4-5-13(18)16-10-12-7-9-17-19-12/h7,9,11H,4-6,8,10,15H2,1-3H3,(H,16,18). The van der Waals surface area contributed by atoms with Gasteiger partial charge in [0.1, 0.15) is 0 Å². The van der Waals surface area contributed by atoms with Crippen LogP contribution in [0.4, 0.5) is 0 Å². The van der Waals surface area contributed by atoms with E-state index < -0.39 is 0 Å². The number of nitrogens with one attached hydrogen (secondary N) is 1. The molecule has 0 fully saturated rings. The molecule has 0 aromatic carbocycles. The zero-order chi connectivity index (χ0) is 14.3. The van der Waals surface area contributed by atoms with Crippen LogP contribution < -0.4 is 11.1 Å². The van der Waals surface area contributed by atoms with Gasteiger partial charge in [0.15, 0.2) is 5.76 Å². The lowest BCUT2D eigenvalue weighted by atomic mass is 9.76. The topological polar surface area (TPSA) is 81.2 Å². The summed E-state index contributed by atoms with van der Waals surface area (Å²) in [6.45, 7) is 7.65. The van der Waals surface area contributed by atoms with Crippen LogP contribution in [0.5, 0.6) is 0 Å². The van der Waals surface area contributed by atoms with Crippen molar-refractivity contribution in [2.45, 2.75) is 46.6 Å². The van der Waals surface area contributed by atoms with Gasteiger partial charge in [-0.25, -0.2) is 0 Å². The minimum Gasteiger partial charge on any atom is -0.360 e. The van der Waals surface area contributed by atoms with Gasteiger partial charge < -0.3 is 15.6 Å². The highest BCUT2D eigenvalue weighted by Crippen LogP contribution is 2.31. The van der Waals surface area contributed by atoms with Gasteiger partial charge in [-0.1, -0.05) is 25.9 Å². The van der Waals surface area contributed by atoms with Gasteiger partial charge in [-0.05, 0) is 30.7 Å². The highest BCUT2D eigenvalue weighted by atomic mass is 16.5. The lowest BCUT2D eigenvalue weighted by Gasteiger charge is -2.30. The van der Waals surface area contributed by atoms with Crippen LogP contribution in [0.2, 0.25) is 0 Å². The van der Waals surface area contributed by atoms with Crippen LogP contribution >= 0.6 is 0 Å². The van der Waals surface area contributed by atoms with E-state index in [2.05, 4.69) is 31.2 Å². The molecule has 1 heterocycles. The van der Waals surface area contributed by atoms with Gasteiger partial charge in [-0.2, -0.15) is 0 Å². The van der Waals surface area contributed by atoms with Gasteiger partial charge in [-0.3, -0.25) is 4.79 Å². The van der Waals surface area contributed by atoms with Crippen molar-refractivity contribution in [2.24, 2.45) is 17.1 Å². The molecule has 3 N–H and O–H groups in total. The van der Waals surface area contributed by atoms with E-state index in [0.29, 0.717) is 31.2 Å². The molecule has 0 bridgehead atoms. The van der Waals surface area contributed by atoms with Crippen LogP contribution in [-0.4, -0.2) is 17.6 Å². The van der Waals surface area contributed by atoms with E-state index in [-0.39, 0.29) is 11.3 Å². The minimum atomic E-state index is 0.0441. The average Bonchev–Trinajstić information content (AvgIpc) is 2.83. The number of rotatable bonds is 7. The van der Waals surface area contributed by atoms with Crippen LogP contribution in [-0.2, 0) is 11.3 Å². The first-order valence-electron chi connectivity index (χ1n) is 6.80. The molecule has 1 aromatic heterocycles. The summed E-state index contributed by atoms with van der Waals surface area (Å²) >= 11 is 0. The molecule has 0 radical (unpaired) electrons. The summed E-state index contributed by atoms with van der Waals surface area (Å²) in [6, 6.07) is 1.74. The molecular formula is C14H25N3O2. The van der Waals surface area contributed by atoms with E-state index in [1.165, 1.54) is 0 Å². The average molecular weight is 267 g/mol. The van der Waals surface area contributed by atoms with Crippen molar-refractivity contribution in [2.75, 3.05) is 6.54 Å². The van der Waals surface area contributed by atoms with Gasteiger partial charge in [-0.15, -0.1) is 0 Å². The number of hydrogen-bond acceptors (Lipinski definition) is 4. The third kappa shape index (κ3) is 5.87. The predicted molar refractivity (Wildman–Crippen MR) is 74.2 cm³/mol. The van der Waals surface area contributed by atoms with Gasteiger partial charge in [0.25, 0.3) is 0 Å². The Hall–Kier alpha value is -1.36. The minimum absolute atomic E-state index is 0.0441. The van der Waals surface area contributed by atoms with Crippen molar-refractivity contribution in [1.82, 2.24) is 10.5 Å². The second-order valence-electron chi connectivity index (χ2n) is 5.93. The summed E-state index contributed by atoms with van der Waals surface area (Å²) in [7, 11) is 0. The molecule has 0 aliphatic rings. The van der Waals surface area contributed by atoms with Gasteiger partial charge in [0, 0.05) is 12.5 Å². The lowest BCUT2D eigenvalue weighted by Crippen LogP contribution is -2.27. The van der Waals surface area contributed by atoms with E-state index >= 15 is 0 Å². The van der Waals surface area contributed by atoms with E-state index in [0.717, 1.165) is 12.8 Å². The molecule has 0 saturated heterocycles. The number of carbonyl (C=O) groups excluding carboxylic acids is 1. The third-order valence-corrected chi connectivity index (χ3v) is 3.41. The molecule has 108 valence electrons. The SMILES string of the molecule is CC(C)(C)C(CCN)CCC(=O)NCc1ccno1. The fourth-order valence-corrected chi connectivity index (χ4v) is 2.12. The fraction of sp³-hybridized carbons (Fsp3) is 0.714. The van der Waals surface area contributed by atoms with Gasteiger partial charge >= 0.3 is 0 Å². The van der Waals surface area contributed by atoms with Crippen LogP contribution in [0.3, 0.4) is 0 Å². The Kier molecular flexibility index (Phi) is 6.02. The Morgan fingerprint density at radius 1 is 1.47 bits per heavy atom. The second-order valence-corrected chi connectivity index (χ2v) is 5.93. The second kappa shape index (κ2) is 7.28. The predicted octanol–water partition coefficient (Wildman–Crippen LogP) is 2.08. The van der Waals surface area contributed by atoms with E-state index in [1.807, 2.05) is 0 Å². The molecule has 1 rings (SSSR count). The van der Waals surface area contributed by atoms with Gasteiger partial charge in [0.2, 0.25) is 5.91 Å². The van der Waals surface area contributed by atoms with Crippen molar-refractivity contribution in [1.29, 1.82) is 0 Å². The largest absolute Gasteiger partial charge is 0.360 e. The summed E-state index contributed by atoms with van der Waals surface area (Å²) in [6.07, 6.45) is 3.91. The summed E-state index contributed by atoms with van der Waals surface area (Å²) < 4.78 is 4.92. The molecule has 19 heavy (non-hydrogen) atoms. The van der Waals surface area contributed by atoms with Crippen molar-refractivity contribution in [3.05, 3.63) is 18.0 Å². The Morgan fingerprint density at radius 2 is 2.21 bits per heavy atom. The van der Waals surface area contributed by atoms with Crippen molar-refractivity contribution >= 4 is 5.91 Å². The molecule has 0 aliphatic carbocycles. The highest BCUT2D eigenvalue weighted by Gasteiger charge is 2.24. The normalized spacial score (nSPS) is 13.3. The van der Waals surface area contributed by atoms with E-state index in [4.69, 9.17) is 10.3 Å². The summed E-state index contributed by atoms with van der Waals surface area (Å²) in [5.41, 5.74) is 5.82. The van der Waals surface area contributed by atoms with E-state index in [9.17, 15) is 4.79 Å². The monoisotopic (exact) mass is 267 g/mol. The van der Waals surface area contributed by atoms with Crippen molar-refractivity contribution < 1.29 is 9.32 Å². The third-order valence-electron chi connectivity index (χ3n) is 3.41. The van der Waals surface area contributed by atoms with Crippen LogP contribution in [0.1, 0.15) is 45.8 Å². The smallest absolute Gasteiger partial charge is 0.220 e. The summed E-state index contributed by atoms with van der Waals surface area (Å²) in [5.74, 6) is 1.18. The molecule has 1 atom stereocenters. The van der Waals surface area contributed by atoms with E-state index in [1.54, 1.807) is 12.3 Å². The number of carbonyl (C=O) groups is 1. The highest BCUT2D eigenvalue weighted by molar-refractivity contribution is 5.75. The number of aromatic nitrogens is 1. The zero-order valence-electron chi connectivity index (χ0n) is 12.1. The molecule has 0 saturated carbocycles. The molecule has 1 unspecified atom stereocenters. The Labute approximate surface area is 114 Å². The Morgan fingerprint density at radius 3 is 2.74 bits per heavy atom. The molecule has 1 aromatic rings. The quantitative estimate of drug-likeness (QED) is 0.792. The first kappa shape index (κ1) is 15.7. The maximum Gasteiger partial charge on any atom is 0.220 e. The molecular weight excluding hydrogens is 242 g/mol. The van der Waals surface area contributed by atoms with Crippen LogP contribution in [0, 0.1) is 11.3 Å². The number of amides is 1. The molecule has 5 nitrogen and oxygen atoms in total. The molecule has 1 amide bonds. The maximum absolute atomic E-state index is 11.8. The number of hydrogen-bond donors (Lipinski definition) is 2. The Balaban J connectivity index is 2.31. The van der Waals surface area contributed by atoms with Crippen molar-refractivity contribution in [3.63, 3.8) is 0 Å². The number of nitrogens with two attached hydrogens (primary N) is 1. The van der Waals surface area contributed by atoms with Crippen LogP contribution in [0.25, 0.3) is 0 Å². The molecule has 0 spiro atoms. The lowest BCUT2D eigenvalue weighted by molar-refractivity contribution is -0.121. The van der Waals surface area contributed by atoms with Crippen molar-refractivity contribution in [3.8, 4) is 0 Å². The van der Waals surface area contributed by atoms with Crippen LogP contribution in [0.15, 0.2) is 16.8 Å². The number of nitrogens with zero attached hydrogens (tertiary/aromatic N) is 1. The molecule has 0 aliphatic heterocycles. The zero-order valence-corrected chi connectivity index (χ0v) is 12.1. The maximum atomic E-state index is 11.8. The molecule has 5 heteroatoms. The van der Waals surface area contributed by atoms with Gasteiger partial charge in [0.05, 0.1) is 12.7 Å². The Bertz CT molecular complexity index is 369. The first-order valence-corrected chi connectivity index (χ1v) is 6.80. The summed E-state index contributed by atoms with van der Waals surface area (Å²) in [5, 5.41) is 6.42.